The molecule has 0 aliphatic carbocycles. The lowest BCUT2D eigenvalue weighted by Crippen LogP contribution is -2.18. The Morgan fingerprint density at radius 1 is 1.14 bits per heavy atom. The number of hydrogen-bond acceptors (Lipinski definition) is 5. The molecule has 0 spiro atoms. The minimum atomic E-state index is -0.978. The molecule has 0 atom stereocenters. The summed E-state index contributed by atoms with van der Waals surface area (Å²) in [6.07, 6.45) is 2.98. The molecule has 0 saturated heterocycles. The lowest BCUT2D eigenvalue weighted by atomic mass is 10.1. The van der Waals surface area contributed by atoms with E-state index in [0.29, 0.717) is 5.75 Å². The van der Waals surface area contributed by atoms with Crippen LogP contribution < -0.4 is 10.2 Å². The molecule has 7 nitrogen and oxygen atoms in total. The van der Waals surface area contributed by atoms with Crippen LogP contribution in [-0.2, 0) is 6.61 Å². The number of aromatic nitrogens is 1. The maximum absolute atomic E-state index is 12.0. The predicted molar refractivity (Wildman–Crippen MR) is 108 cm³/mol. The highest BCUT2D eigenvalue weighted by atomic mass is 35.5. The minimum Gasteiger partial charge on any atom is -0.489 e. The van der Waals surface area contributed by atoms with Crippen molar-refractivity contribution in [1.29, 1.82) is 0 Å². The van der Waals surface area contributed by atoms with Crippen LogP contribution >= 0.6 is 11.6 Å². The fourth-order valence-electron chi connectivity index (χ4n) is 2.39. The number of hydrogen-bond donors (Lipinski definition) is 2. The van der Waals surface area contributed by atoms with E-state index in [1.807, 2.05) is 0 Å². The van der Waals surface area contributed by atoms with E-state index in [4.69, 9.17) is 21.4 Å². The number of ether oxygens (including phenoxy) is 1. The lowest BCUT2D eigenvalue weighted by molar-refractivity contribution is 0.0696. The zero-order chi connectivity index (χ0) is 20.6. The van der Waals surface area contributed by atoms with Gasteiger partial charge in [-0.15, -0.1) is 0 Å². The molecule has 1 aromatic heterocycles. The Morgan fingerprint density at radius 3 is 2.66 bits per heavy atom. The highest BCUT2D eigenvalue weighted by molar-refractivity contribution is 6.32. The maximum atomic E-state index is 12.0. The minimum absolute atomic E-state index is 0.107. The average Bonchev–Trinajstić information content (AvgIpc) is 2.73. The van der Waals surface area contributed by atoms with Crippen LogP contribution in [0.5, 0.6) is 5.75 Å². The highest BCUT2D eigenvalue weighted by Crippen LogP contribution is 2.15. The number of halogens is 1. The summed E-state index contributed by atoms with van der Waals surface area (Å²) in [5.41, 5.74) is 4.35. The SMILES string of the molecule is O=C(O)c1cccc(COc2ccc(C=NNC(=O)c3cccnc3Cl)cc2)c1. The molecule has 8 heteroatoms. The van der Waals surface area contributed by atoms with Crippen LogP contribution in [0.4, 0.5) is 0 Å². The number of rotatable bonds is 7. The van der Waals surface area contributed by atoms with E-state index in [1.54, 1.807) is 54.6 Å². The first-order chi connectivity index (χ1) is 14.0. The summed E-state index contributed by atoms with van der Waals surface area (Å²) in [6, 6.07) is 16.8. The number of aromatic carboxylic acids is 1. The standard InChI is InChI=1S/C21H16ClN3O4/c22-19-18(5-2-10-23-19)20(26)25-24-12-14-6-8-17(9-7-14)29-13-15-3-1-4-16(11-15)21(27)28/h1-12H,13H2,(H,25,26)(H,27,28). The number of carbonyl (C=O) groups excluding carboxylic acids is 1. The second-order valence-corrected chi connectivity index (χ2v) is 6.26. The summed E-state index contributed by atoms with van der Waals surface area (Å²) in [5, 5.41) is 13.0. The first-order valence-electron chi connectivity index (χ1n) is 8.52. The van der Waals surface area contributed by atoms with Gasteiger partial charge >= 0.3 is 5.97 Å². The van der Waals surface area contributed by atoms with E-state index in [1.165, 1.54) is 18.5 Å². The van der Waals surface area contributed by atoms with Crippen LogP contribution in [0.3, 0.4) is 0 Å². The van der Waals surface area contributed by atoms with Gasteiger partial charge in [-0.05, 0) is 59.7 Å². The van der Waals surface area contributed by atoms with Gasteiger partial charge in [0, 0.05) is 6.20 Å². The van der Waals surface area contributed by atoms with E-state index >= 15 is 0 Å². The summed E-state index contributed by atoms with van der Waals surface area (Å²) < 4.78 is 5.67. The zero-order valence-electron chi connectivity index (χ0n) is 15.1. The number of hydrazone groups is 1. The lowest BCUT2D eigenvalue weighted by Gasteiger charge is -2.07. The Labute approximate surface area is 171 Å². The molecule has 29 heavy (non-hydrogen) atoms. The topological polar surface area (TPSA) is 101 Å². The third kappa shape index (κ3) is 5.63. The third-order valence-corrected chi connectivity index (χ3v) is 4.14. The van der Waals surface area contributed by atoms with E-state index in [2.05, 4.69) is 15.5 Å². The Hall–Kier alpha value is -3.71. The second-order valence-electron chi connectivity index (χ2n) is 5.90. The number of carbonyl (C=O) groups is 2. The molecule has 0 bridgehead atoms. The Kier molecular flexibility index (Phi) is 6.55. The first-order valence-corrected chi connectivity index (χ1v) is 8.90. The van der Waals surface area contributed by atoms with Gasteiger partial charge in [-0.2, -0.15) is 5.10 Å². The van der Waals surface area contributed by atoms with E-state index in [9.17, 15) is 9.59 Å². The molecule has 0 fully saturated rings. The molecule has 0 saturated carbocycles. The van der Waals surface area contributed by atoms with Crippen LogP contribution in [0.1, 0.15) is 31.8 Å². The van der Waals surface area contributed by atoms with Crippen LogP contribution in [0.25, 0.3) is 0 Å². The Bertz CT molecular complexity index is 1050. The van der Waals surface area contributed by atoms with E-state index < -0.39 is 11.9 Å². The summed E-state index contributed by atoms with van der Waals surface area (Å²) in [6.45, 7) is 0.247. The average molecular weight is 410 g/mol. The molecule has 0 aliphatic heterocycles. The van der Waals surface area contributed by atoms with Crippen molar-refractivity contribution in [2.75, 3.05) is 0 Å². The molecule has 1 heterocycles. The Morgan fingerprint density at radius 2 is 1.93 bits per heavy atom. The van der Waals surface area contributed by atoms with Crippen molar-refractivity contribution in [2.45, 2.75) is 6.61 Å². The zero-order valence-corrected chi connectivity index (χ0v) is 15.8. The van der Waals surface area contributed by atoms with Crippen molar-refractivity contribution in [1.82, 2.24) is 10.4 Å². The molecule has 0 unspecified atom stereocenters. The molecular weight excluding hydrogens is 394 g/mol. The largest absolute Gasteiger partial charge is 0.489 e. The van der Waals surface area contributed by atoms with Gasteiger partial charge in [0.1, 0.15) is 17.5 Å². The maximum Gasteiger partial charge on any atom is 0.335 e. The van der Waals surface area contributed by atoms with Gasteiger partial charge in [-0.25, -0.2) is 15.2 Å². The molecule has 2 N–H and O–H groups in total. The van der Waals surface area contributed by atoms with Crippen molar-refractivity contribution in [2.24, 2.45) is 5.10 Å². The summed E-state index contributed by atoms with van der Waals surface area (Å²) in [5.74, 6) is -0.815. The van der Waals surface area contributed by atoms with Crippen molar-refractivity contribution < 1.29 is 19.4 Å². The molecule has 0 aliphatic rings. The number of carboxylic acid groups (broad SMARTS) is 1. The summed E-state index contributed by atoms with van der Waals surface area (Å²) >= 11 is 5.86. The third-order valence-electron chi connectivity index (χ3n) is 3.84. The van der Waals surface area contributed by atoms with E-state index in [-0.39, 0.29) is 22.9 Å². The van der Waals surface area contributed by atoms with Crippen LogP contribution in [-0.4, -0.2) is 28.2 Å². The monoisotopic (exact) mass is 409 g/mol. The number of pyridine rings is 1. The quantitative estimate of drug-likeness (QED) is 0.351. The number of nitrogens with one attached hydrogen (secondary N) is 1. The van der Waals surface area contributed by atoms with Crippen LogP contribution in [0.2, 0.25) is 5.15 Å². The van der Waals surface area contributed by atoms with Crippen molar-refractivity contribution >= 4 is 29.7 Å². The fourth-order valence-corrected chi connectivity index (χ4v) is 2.60. The fraction of sp³-hybridized carbons (Fsp3) is 0.0476. The van der Waals surface area contributed by atoms with Crippen molar-refractivity contribution in [3.8, 4) is 5.75 Å². The number of amides is 1. The van der Waals surface area contributed by atoms with Gasteiger partial charge in [0.15, 0.2) is 0 Å². The molecule has 0 radical (unpaired) electrons. The summed E-state index contributed by atoms with van der Waals surface area (Å²) in [7, 11) is 0. The molecule has 3 aromatic rings. The number of carboxylic acids is 1. The van der Waals surface area contributed by atoms with Gasteiger partial charge < -0.3 is 9.84 Å². The smallest absolute Gasteiger partial charge is 0.335 e. The van der Waals surface area contributed by atoms with Crippen molar-refractivity contribution in [3.63, 3.8) is 0 Å². The van der Waals surface area contributed by atoms with Gasteiger partial charge in [0.25, 0.3) is 5.91 Å². The highest BCUT2D eigenvalue weighted by Gasteiger charge is 2.09. The number of benzene rings is 2. The van der Waals surface area contributed by atoms with Gasteiger partial charge in [0.2, 0.25) is 0 Å². The molecule has 1 amide bonds. The van der Waals surface area contributed by atoms with E-state index in [0.717, 1.165) is 11.1 Å². The summed E-state index contributed by atoms with van der Waals surface area (Å²) in [4.78, 5) is 26.8. The van der Waals surface area contributed by atoms with Gasteiger partial charge in [0.05, 0.1) is 17.3 Å². The molecule has 2 aromatic carbocycles. The normalized spacial score (nSPS) is 10.7. The number of nitrogens with zero attached hydrogens (tertiary/aromatic N) is 2. The molecule has 146 valence electrons. The van der Waals surface area contributed by atoms with Crippen molar-refractivity contribution in [3.05, 3.63) is 94.3 Å². The van der Waals surface area contributed by atoms with Crippen LogP contribution in [0.15, 0.2) is 72.0 Å². The van der Waals surface area contributed by atoms with Gasteiger partial charge in [-0.1, -0.05) is 23.7 Å². The van der Waals surface area contributed by atoms with Crippen LogP contribution in [0, 0.1) is 0 Å². The molecular formula is C21H16ClN3O4. The second kappa shape index (κ2) is 9.48. The first kappa shape index (κ1) is 20.0. The molecule has 3 rings (SSSR count). The Balaban J connectivity index is 1.54. The predicted octanol–water partition coefficient (Wildman–Crippen LogP) is 3.78. The van der Waals surface area contributed by atoms with Gasteiger partial charge in [-0.3, -0.25) is 4.79 Å².